The van der Waals surface area contributed by atoms with Gasteiger partial charge in [0.2, 0.25) is 10.0 Å². The summed E-state index contributed by atoms with van der Waals surface area (Å²) in [7, 11) is -3.73. The summed E-state index contributed by atoms with van der Waals surface area (Å²) in [5.41, 5.74) is 0. The quantitative estimate of drug-likeness (QED) is 0.797. The Labute approximate surface area is 126 Å². The molecule has 4 nitrogen and oxygen atoms in total. The molecule has 5 heteroatoms. The lowest BCUT2D eigenvalue weighted by Gasteiger charge is -2.11. The van der Waals surface area contributed by atoms with E-state index in [4.69, 9.17) is 9.88 Å². The van der Waals surface area contributed by atoms with Crippen molar-refractivity contribution in [2.45, 2.75) is 37.5 Å². The van der Waals surface area contributed by atoms with Crippen molar-refractivity contribution in [1.29, 1.82) is 0 Å². The van der Waals surface area contributed by atoms with E-state index in [-0.39, 0.29) is 4.90 Å². The summed E-state index contributed by atoms with van der Waals surface area (Å²) in [6.45, 7) is 2.80. The summed E-state index contributed by atoms with van der Waals surface area (Å²) in [5.74, 6) is 0.703. The van der Waals surface area contributed by atoms with Crippen LogP contribution in [0.5, 0.6) is 5.75 Å². The van der Waals surface area contributed by atoms with E-state index in [1.807, 2.05) is 12.1 Å². The monoisotopic (exact) mass is 307 g/mol. The maximum Gasteiger partial charge on any atom is 0.238 e. The lowest BCUT2D eigenvalue weighted by Crippen LogP contribution is -2.12. The van der Waals surface area contributed by atoms with Crippen LogP contribution >= 0.6 is 0 Å². The van der Waals surface area contributed by atoms with Crippen molar-refractivity contribution < 1.29 is 13.2 Å². The van der Waals surface area contributed by atoms with Crippen LogP contribution in [0.25, 0.3) is 10.8 Å². The highest BCUT2D eigenvalue weighted by molar-refractivity contribution is 7.89. The first-order valence-corrected chi connectivity index (χ1v) is 8.76. The van der Waals surface area contributed by atoms with E-state index in [2.05, 4.69) is 6.92 Å². The van der Waals surface area contributed by atoms with Gasteiger partial charge in [0.05, 0.1) is 11.5 Å². The largest absolute Gasteiger partial charge is 0.493 e. The van der Waals surface area contributed by atoms with E-state index in [1.54, 1.807) is 18.2 Å². The van der Waals surface area contributed by atoms with Crippen LogP contribution < -0.4 is 9.88 Å². The molecule has 0 fully saturated rings. The van der Waals surface area contributed by atoms with Crippen molar-refractivity contribution in [3.05, 3.63) is 36.4 Å². The van der Waals surface area contributed by atoms with Gasteiger partial charge >= 0.3 is 0 Å². The molecule has 0 heterocycles. The smallest absolute Gasteiger partial charge is 0.238 e. The number of primary sulfonamides is 1. The Hall–Kier alpha value is -1.59. The van der Waals surface area contributed by atoms with Gasteiger partial charge in [0.15, 0.2) is 0 Å². The molecule has 0 saturated heterocycles. The number of rotatable bonds is 7. The van der Waals surface area contributed by atoms with Crippen LogP contribution in [0.1, 0.15) is 32.6 Å². The molecule has 0 atom stereocenters. The predicted octanol–water partition coefficient (Wildman–Crippen LogP) is 3.45. The molecule has 0 saturated carbocycles. The lowest BCUT2D eigenvalue weighted by molar-refractivity contribution is 0.308. The molecule has 2 aromatic rings. The molecule has 0 bridgehead atoms. The van der Waals surface area contributed by atoms with Crippen molar-refractivity contribution in [1.82, 2.24) is 0 Å². The van der Waals surface area contributed by atoms with E-state index >= 15 is 0 Å². The summed E-state index contributed by atoms with van der Waals surface area (Å²) in [6.07, 6.45) is 4.53. The van der Waals surface area contributed by atoms with Crippen molar-refractivity contribution >= 4 is 20.8 Å². The first kappa shape index (κ1) is 15.8. The molecule has 0 unspecified atom stereocenters. The maximum atomic E-state index is 11.6. The average molecular weight is 307 g/mol. The number of hydrogen-bond acceptors (Lipinski definition) is 3. The average Bonchev–Trinajstić information content (AvgIpc) is 2.45. The second-order valence-corrected chi connectivity index (χ2v) is 6.59. The van der Waals surface area contributed by atoms with Gasteiger partial charge in [0, 0.05) is 10.8 Å². The standard InChI is InChI=1S/C16H21NO3S/c1-2-3-4-7-12-20-15-10-11-16(21(17,18)19)14-9-6-5-8-13(14)15/h5-6,8-11H,2-4,7,12H2,1H3,(H2,17,18,19). The van der Waals surface area contributed by atoms with Crippen LogP contribution in [0, 0.1) is 0 Å². The molecule has 0 aliphatic carbocycles. The fraction of sp³-hybridized carbons (Fsp3) is 0.375. The fourth-order valence-corrected chi connectivity index (χ4v) is 3.07. The highest BCUT2D eigenvalue weighted by Gasteiger charge is 2.14. The van der Waals surface area contributed by atoms with Crippen molar-refractivity contribution in [2.24, 2.45) is 5.14 Å². The van der Waals surface area contributed by atoms with Crippen LogP contribution in [0.3, 0.4) is 0 Å². The van der Waals surface area contributed by atoms with E-state index in [0.29, 0.717) is 17.7 Å². The highest BCUT2D eigenvalue weighted by atomic mass is 32.2. The number of fused-ring (bicyclic) bond motifs is 1. The van der Waals surface area contributed by atoms with Gasteiger partial charge < -0.3 is 4.74 Å². The van der Waals surface area contributed by atoms with Crippen LogP contribution in [0.2, 0.25) is 0 Å². The molecule has 21 heavy (non-hydrogen) atoms. The molecule has 0 aliphatic rings. The highest BCUT2D eigenvalue weighted by Crippen LogP contribution is 2.30. The van der Waals surface area contributed by atoms with Gasteiger partial charge in [0.1, 0.15) is 5.75 Å². The molecular weight excluding hydrogens is 286 g/mol. The van der Waals surface area contributed by atoms with Crippen molar-refractivity contribution in [2.75, 3.05) is 6.61 Å². The van der Waals surface area contributed by atoms with Gasteiger partial charge in [-0.1, -0.05) is 50.5 Å². The molecule has 0 aliphatic heterocycles. The SMILES string of the molecule is CCCCCCOc1ccc(S(N)(=O)=O)c2ccccc12. The molecule has 2 rings (SSSR count). The van der Waals surface area contributed by atoms with Gasteiger partial charge in [-0.25, -0.2) is 13.6 Å². The summed E-state index contributed by atoms with van der Waals surface area (Å²) in [5, 5.41) is 6.64. The molecule has 0 amide bonds. The minimum absolute atomic E-state index is 0.136. The number of unbranched alkanes of at least 4 members (excludes halogenated alkanes) is 3. The Morgan fingerprint density at radius 1 is 1.00 bits per heavy atom. The van der Waals surface area contributed by atoms with Gasteiger partial charge in [-0.3, -0.25) is 0 Å². The van der Waals surface area contributed by atoms with E-state index in [1.165, 1.54) is 18.9 Å². The molecule has 2 aromatic carbocycles. The zero-order valence-corrected chi connectivity index (χ0v) is 13.0. The normalized spacial score (nSPS) is 11.7. The van der Waals surface area contributed by atoms with E-state index in [9.17, 15) is 8.42 Å². The van der Waals surface area contributed by atoms with Gasteiger partial charge in [0.25, 0.3) is 0 Å². The van der Waals surface area contributed by atoms with E-state index < -0.39 is 10.0 Å². The summed E-state index contributed by atoms with van der Waals surface area (Å²) in [6, 6.07) is 10.5. The number of ether oxygens (including phenoxy) is 1. The first-order valence-electron chi connectivity index (χ1n) is 7.21. The van der Waals surface area contributed by atoms with Gasteiger partial charge in [-0.2, -0.15) is 0 Å². The van der Waals surface area contributed by atoms with E-state index in [0.717, 1.165) is 18.2 Å². The topological polar surface area (TPSA) is 69.4 Å². The molecule has 114 valence electrons. The summed E-state index contributed by atoms with van der Waals surface area (Å²) < 4.78 is 29.1. The zero-order valence-electron chi connectivity index (χ0n) is 12.2. The molecule has 0 aromatic heterocycles. The van der Waals surface area contributed by atoms with Crippen LogP contribution in [0.15, 0.2) is 41.3 Å². The van der Waals surface area contributed by atoms with Gasteiger partial charge in [-0.05, 0) is 18.6 Å². The third kappa shape index (κ3) is 3.95. The van der Waals surface area contributed by atoms with Gasteiger partial charge in [-0.15, -0.1) is 0 Å². The number of sulfonamides is 1. The van der Waals surface area contributed by atoms with Crippen molar-refractivity contribution in [3.63, 3.8) is 0 Å². The molecule has 2 N–H and O–H groups in total. The van der Waals surface area contributed by atoms with Crippen molar-refractivity contribution in [3.8, 4) is 5.75 Å². The second-order valence-electron chi connectivity index (χ2n) is 5.06. The third-order valence-electron chi connectivity index (χ3n) is 3.41. The van der Waals surface area contributed by atoms with Crippen LogP contribution in [0.4, 0.5) is 0 Å². The Balaban J connectivity index is 2.26. The number of hydrogen-bond donors (Lipinski definition) is 1. The molecule has 0 spiro atoms. The minimum atomic E-state index is -3.73. The lowest BCUT2D eigenvalue weighted by atomic mass is 10.1. The first-order chi connectivity index (χ1) is 10.0. The molecule has 0 radical (unpaired) electrons. The Morgan fingerprint density at radius 2 is 1.71 bits per heavy atom. The maximum absolute atomic E-state index is 11.6. The Morgan fingerprint density at radius 3 is 2.38 bits per heavy atom. The Bertz CT molecular complexity index is 711. The fourth-order valence-electron chi connectivity index (χ4n) is 2.33. The van der Waals surface area contributed by atoms with Crippen LogP contribution in [-0.4, -0.2) is 15.0 Å². The second kappa shape index (κ2) is 6.91. The predicted molar refractivity (Wildman–Crippen MR) is 85.0 cm³/mol. The Kier molecular flexibility index (Phi) is 5.20. The summed E-state index contributed by atoms with van der Waals surface area (Å²) in [4.78, 5) is 0.136. The number of benzene rings is 2. The molecular formula is C16H21NO3S. The minimum Gasteiger partial charge on any atom is -0.493 e. The number of nitrogens with two attached hydrogens (primary N) is 1. The summed E-state index contributed by atoms with van der Waals surface area (Å²) >= 11 is 0. The zero-order chi connectivity index (χ0) is 15.3. The van der Waals surface area contributed by atoms with Crippen LogP contribution in [-0.2, 0) is 10.0 Å². The third-order valence-corrected chi connectivity index (χ3v) is 4.38.